The van der Waals surface area contributed by atoms with E-state index < -0.39 is 52.7 Å². The third-order valence-electron chi connectivity index (χ3n) is 4.44. The highest BCUT2D eigenvalue weighted by molar-refractivity contribution is 5.73. The highest BCUT2D eigenvalue weighted by atomic mass is 19.4. The van der Waals surface area contributed by atoms with Crippen LogP contribution in [0.25, 0.3) is 11.3 Å². The molecule has 4 rings (SSSR count). The normalized spacial score (nSPS) is 12.7. The molecule has 0 radical (unpaired) electrons. The van der Waals surface area contributed by atoms with Crippen molar-refractivity contribution in [2.75, 3.05) is 5.32 Å². The van der Waals surface area contributed by atoms with E-state index in [2.05, 4.69) is 20.3 Å². The van der Waals surface area contributed by atoms with Gasteiger partial charge in [0.2, 0.25) is 11.5 Å². The number of benzene rings is 2. The maximum absolute atomic E-state index is 13.0. The van der Waals surface area contributed by atoms with Crippen LogP contribution in [0, 0.1) is 0 Å². The highest BCUT2D eigenvalue weighted by Gasteiger charge is 2.36. The summed E-state index contributed by atoms with van der Waals surface area (Å²) in [7, 11) is 0. The molecule has 2 aromatic heterocycles. The van der Waals surface area contributed by atoms with Crippen molar-refractivity contribution in [2.45, 2.75) is 18.5 Å². The molecular weight excluding hydrogens is 497 g/mol. The second-order valence-electron chi connectivity index (χ2n) is 6.96. The van der Waals surface area contributed by atoms with Crippen LogP contribution in [0.3, 0.4) is 0 Å². The van der Waals surface area contributed by atoms with E-state index in [4.69, 9.17) is 4.74 Å². The average Bonchev–Trinajstić information content (AvgIpc) is 3.17. The monoisotopic (exact) mass is 507 g/mol. The first-order valence-electron chi connectivity index (χ1n) is 9.34. The number of rotatable bonds is 4. The number of halogens is 9. The minimum absolute atomic E-state index is 0.0412. The lowest BCUT2D eigenvalue weighted by atomic mass is 10.2. The Kier molecular flexibility index (Phi) is 5.73. The quantitative estimate of drug-likeness (QED) is 0.293. The summed E-state index contributed by atoms with van der Waals surface area (Å²) in [4.78, 5) is 13.0. The topological polar surface area (TPSA) is 75.7 Å². The van der Waals surface area contributed by atoms with E-state index in [1.54, 1.807) is 0 Å². The zero-order valence-corrected chi connectivity index (χ0v) is 16.8. The molecule has 6 nitrogen and oxygen atoms in total. The number of nitrogens with one attached hydrogen (secondary N) is 2. The average molecular weight is 507 g/mol. The summed E-state index contributed by atoms with van der Waals surface area (Å²) in [5.41, 5.74) is -2.82. The van der Waals surface area contributed by atoms with E-state index in [0.29, 0.717) is 12.1 Å². The number of hydrogen-bond acceptors (Lipinski definition) is 5. The van der Waals surface area contributed by atoms with E-state index in [9.17, 15) is 39.5 Å². The lowest BCUT2D eigenvalue weighted by Crippen LogP contribution is -2.06. The second-order valence-corrected chi connectivity index (χ2v) is 6.96. The number of hydrogen-bond donors (Lipinski definition) is 2. The molecule has 35 heavy (non-hydrogen) atoms. The minimum Gasteiger partial charge on any atom is -0.436 e. The molecule has 15 heteroatoms. The number of ether oxygens (including phenoxy) is 1. The molecule has 0 fully saturated rings. The van der Waals surface area contributed by atoms with Crippen LogP contribution in [-0.4, -0.2) is 19.9 Å². The van der Waals surface area contributed by atoms with Gasteiger partial charge in [-0.2, -0.15) is 44.5 Å². The number of imidazole rings is 1. The summed E-state index contributed by atoms with van der Waals surface area (Å²) in [6.07, 6.45) is -14.1. The molecule has 0 aliphatic carbocycles. The van der Waals surface area contributed by atoms with E-state index >= 15 is 0 Å². The molecule has 0 saturated heterocycles. The summed E-state index contributed by atoms with van der Waals surface area (Å²) >= 11 is 0. The van der Waals surface area contributed by atoms with Crippen molar-refractivity contribution in [3.63, 3.8) is 0 Å². The van der Waals surface area contributed by atoms with E-state index in [1.165, 1.54) is 0 Å². The maximum atomic E-state index is 13.0. The van der Waals surface area contributed by atoms with Gasteiger partial charge in [-0.15, -0.1) is 0 Å². The van der Waals surface area contributed by atoms with Gasteiger partial charge in [-0.3, -0.25) is 0 Å². The smallest absolute Gasteiger partial charge is 0.436 e. The molecule has 2 heterocycles. The number of aromatic nitrogens is 4. The van der Waals surface area contributed by atoms with Crippen LogP contribution < -0.4 is 10.1 Å². The van der Waals surface area contributed by atoms with Gasteiger partial charge in [0.15, 0.2) is 11.5 Å². The third kappa shape index (κ3) is 5.38. The van der Waals surface area contributed by atoms with Gasteiger partial charge >= 0.3 is 18.5 Å². The van der Waals surface area contributed by atoms with Gasteiger partial charge in [-0.05, 0) is 48.5 Å². The molecule has 2 N–H and O–H groups in total. The van der Waals surface area contributed by atoms with Crippen molar-refractivity contribution in [1.29, 1.82) is 0 Å². The predicted molar refractivity (Wildman–Crippen MR) is 103 cm³/mol. The largest absolute Gasteiger partial charge is 0.449 e. The Morgan fingerprint density at radius 2 is 1.20 bits per heavy atom. The predicted octanol–water partition coefficient (Wildman–Crippen LogP) is 6.95. The second kappa shape index (κ2) is 8.32. The fraction of sp³-hybridized carbons (Fsp3) is 0.150. The van der Waals surface area contributed by atoms with E-state index in [0.717, 1.165) is 36.4 Å². The van der Waals surface area contributed by atoms with Crippen molar-refractivity contribution < 1.29 is 44.3 Å². The van der Waals surface area contributed by atoms with Crippen molar-refractivity contribution in [1.82, 2.24) is 19.9 Å². The van der Waals surface area contributed by atoms with Crippen molar-refractivity contribution in [2.24, 2.45) is 0 Å². The van der Waals surface area contributed by atoms with Crippen molar-refractivity contribution >= 4 is 22.8 Å². The van der Waals surface area contributed by atoms with Gasteiger partial charge in [0, 0.05) is 5.69 Å². The first-order chi connectivity index (χ1) is 16.2. The SMILES string of the molecule is FC(F)(F)c1ccc(Nc2nc3[nH]c(C(F)(F)F)nc3nc2Oc2ccc(C(F)(F)F)cc2)cc1. The molecule has 0 aliphatic heterocycles. The molecule has 0 saturated carbocycles. The number of alkyl halides is 9. The van der Waals surface area contributed by atoms with Crippen LogP contribution in [0.5, 0.6) is 11.6 Å². The summed E-state index contributed by atoms with van der Waals surface area (Å²) in [5.74, 6) is -2.42. The number of anilines is 2. The van der Waals surface area contributed by atoms with Crippen LogP contribution in [0.4, 0.5) is 51.0 Å². The molecule has 2 aromatic carbocycles. The Balaban J connectivity index is 1.72. The molecule has 0 bridgehead atoms. The van der Waals surface area contributed by atoms with Crippen molar-refractivity contribution in [3.8, 4) is 11.6 Å². The number of H-pyrrole nitrogens is 1. The Labute approximate surface area is 188 Å². The van der Waals surface area contributed by atoms with Crippen LogP contribution in [0.2, 0.25) is 0 Å². The number of nitrogens with zero attached hydrogens (tertiary/aromatic N) is 3. The van der Waals surface area contributed by atoms with Gasteiger partial charge in [0.25, 0.3) is 5.88 Å². The van der Waals surface area contributed by atoms with Crippen LogP contribution in [0.1, 0.15) is 17.0 Å². The molecule has 4 aromatic rings. The lowest BCUT2D eigenvalue weighted by molar-refractivity contribution is -0.144. The molecule has 0 atom stereocenters. The standard InChI is InChI=1S/C20H10F9N5O/c21-18(22,23)9-1-5-11(6-2-9)30-15-16(35-12-7-3-10(4-8-12)19(24,25)26)32-14-13(31-15)33-17(34-14)20(27,28)29/h1-8H,(H2,30,31,32,33,34). The van der Waals surface area contributed by atoms with Crippen LogP contribution in [0.15, 0.2) is 48.5 Å². The summed E-state index contributed by atoms with van der Waals surface area (Å²) in [6.45, 7) is 0. The Morgan fingerprint density at radius 3 is 1.71 bits per heavy atom. The Bertz CT molecular complexity index is 1250. The first-order valence-corrected chi connectivity index (χ1v) is 9.34. The molecule has 0 amide bonds. The maximum Gasteiger partial charge on any atom is 0.449 e. The molecule has 0 aliphatic rings. The zero-order valence-electron chi connectivity index (χ0n) is 16.8. The molecule has 184 valence electrons. The third-order valence-corrected chi connectivity index (χ3v) is 4.44. The summed E-state index contributed by atoms with van der Waals surface area (Å²) in [6, 6.07) is 6.88. The van der Waals surface area contributed by atoms with Crippen LogP contribution in [-0.2, 0) is 18.5 Å². The van der Waals surface area contributed by atoms with Gasteiger partial charge < -0.3 is 15.0 Å². The first kappa shape index (κ1) is 24.1. The molecular formula is C20H10F9N5O. The number of aromatic amines is 1. The van der Waals surface area contributed by atoms with E-state index in [1.807, 2.05) is 4.98 Å². The summed E-state index contributed by atoms with van der Waals surface area (Å²) in [5, 5.41) is 2.57. The fourth-order valence-electron chi connectivity index (χ4n) is 2.81. The van der Waals surface area contributed by atoms with Gasteiger partial charge in [0.05, 0.1) is 11.1 Å². The highest BCUT2D eigenvalue weighted by Crippen LogP contribution is 2.35. The zero-order chi connectivity index (χ0) is 25.6. The Hall–Kier alpha value is -4.04. The van der Waals surface area contributed by atoms with Gasteiger partial charge in [-0.1, -0.05) is 0 Å². The van der Waals surface area contributed by atoms with E-state index in [-0.39, 0.29) is 17.3 Å². The number of fused-ring (bicyclic) bond motifs is 1. The van der Waals surface area contributed by atoms with Crippen LogP contribution >= 0.6 is 0 Å². The fourth-order valence-corrected chi connectivity index (χ4v) is 2.81. The van der Waals surface area contributed by atoms with Crippen molar-refractivity contribution in [3.05, 3.63) is 65.5 Å². The molecule has 0 unspecified atom stereocenters. The van der Waals surface area contributed by atoms with Gasteiger partial charge in [-0.25, -0.2) is 9.97 Å². The lowest BCUT2D eigenvalue weighted by Gasteiger charge is -2.13. The van der Waals surface area contributed by atoms with Gasteiger partial charge in [0.1, 0.15) is 5.75 Å². The Morgan fingerprint density at radius 1 is 0.657 bits per heavy atom. The summed E-state index contributed by atoms with van der Waals surface area (Å²) < 4.78 is 121. The molecule has 0 spiro atoms. The minimum atomic E-state index is -4.86.